The van der Waals surface area contributed by atoms with Gasteiger partial charge in [-0.25, -0.2) is 13.2 Å². The third kappa shape index (κ3) is 2.92. The topological polar surface area (TPSA) is 80.8 Å². The van der Waals surface area contributed by atoms with Gasteiger partial charge in [0.05, 0.1) is 17.6 Å². The van der Waals surface area contributed by atoms with E-state index < -0.39 is 26.8 Å². The second-order valence-corrected chi connectivity index (χ2v) is 7.84. The number of hydrogen-bond donors (Lipinski definition) is 0. The predicted octanol–water partition coefficient (Wildman–Crippen LogP) is 0.226. The van der Waals surface area contributed by atoms with Crippen molar-refractivity contribution in [3.63, 3.8) is 0 Å². The molecule has 1 fully saturated rings. The van der Waals surface area contributed by atoms with Crippen LogP contribution in [0.25, 0.3) is 0 Å². The molecule has 110 valence electrons. The van der Waals surface area contributed by atoms with Crippen LogP contribution in [0.4, 0.5) is 0 Å². The highest BCUT2D eigenvalue weighted by atomic mass is 32.2. The van der Waals surface area contributed by atoms with Crippen LogP contribution in [-0.4, -0.2) is 54.6 Å². The van der Waals surface area contributed by atoms with Gasteiger partial charge in [0.15, 0.2) is 0 Å². The standard InChI is InChI=1S/C12H15NO5S2/c1-18-12(14)10-4-2-3-5-11(10)20(16,17)13-6-8-19(15)9-7-13/h2-5H,6-9H2,1H3. The van der Waals surface area contributed by atoms with Crippen LogP contribution >= 0.6 is 0 Å². The zero-order chi connectivity index (χ0) is 14.8. The van der Waals surface area contributed by atoms with Crippen molar-refractivity contribution in [2.45, 2.75) is 4.90 Å². The summed E-state index contributed by atoms with van der Waals surface area (Å²) in [6, 6.07) is 5.94. The van der Waals surface area contributed by atoms with Crippen molar-refractivity contribution in [2.24, 2.45) is 0 Å². The highest BCUT2D eigenvalue weighted by Crippen LogP contribution is 2.22. The van der Waals surface area contributed by atoms with Crippen molar-refractivity contribution < 1.29 is 22.2 Å². The molecule has 0 aliphatic carbocycles. The zero-order valence-corrected chi connectivity index (χ0v) is 12.6. The van der Waals surface area contributed by atoms with Gasteiger partial charge in [-0.2, -0.15) is 4.31 Å². The van der Waals surface area contributed by atoms with Crippen molar-refractivity contribution >= 4 is 26.8 Å². The van der Waals surface area contributed by atoms with Crippen molar-refractivity contribution in [3.8, 4) is 0 Å². The summed E-state index contributed by atoms with van der Waals surface area (Å²) in [5, 5.41) is 0. The Morgan fingerprint density at radius 2 is 1.85 bits per heavy atom. The lowest BCUT2D eigenvalue weighted by Crippen LogP contribution is -2.42. The molecule has 1 aromatic rings. The number of methoxy groups -OCH3 is 1. The molecule has 0 spiro atoms. The van der Waals surface area contributed by atoms with Crippen molar-refractivity contribution in [1.82, 2.24) is 4.31 Å². The van der Waals surface area contributed by atoms with Crippen molar-refractivity contribution in [1.29, 1.82) is 0 Å². The van der Waals surface area contributed by atoms with Gasteiger partial charge >= 0.3 is 5.97 Å². The number of rotatable bonds is 3. The van der Waals surface area contributed by atoms with Crippen LogP contribution in [0.2, 0.25) is 0 Å². The van der Waals surface area contributed by atoms with Gasteiger partial charge in [0, 0.05) is 35.4 Å². The Balaban J connectivity index is 2.39. The highest BCUT2D eigenvalue weighted by Gasteiger charge is 2.31. The summed E-state index contributed by atoms with van der Waals surface area (Å²) >= 11 is 0. The lowest BCUT2D eigenvalue weighted by molar-refractivity contribution is 0.0596. The summed E-state index contributed by atoms with van der Waals surface area (Å²) in [6.07, 6.45) is 0. The minimum atomic E-state index is -3.77. The number of carbonyl (C=O) groups excluding carboxylic acids is 1. The minimum absolute atomic E-state index is 0.0155. The van der Waals surface area contributed by atoms with Crippen molar-refractivity contribution in [2.75, 3.05) is 31.7 Å². The molecule has 1 aliphatic heterocycles. The van der Waals surface area contributed by atoms with Gasteiger partial charge in [-0.05, 0) is 12.1 Å². The van der Waals surface area contributed by atoms with Crippen molar-refractivity contribution in [3.05, 3.63) is 29.8 Å². The Morgan fingerprint density at radius 3 is 2.45 bits per heavy atom. The number of hydrogen-bond acceptors (Lipinski definition) is 5. The number of benzene rings is 1. The van der Waals surface area contributed by atoms with Gasteiger partial charge in [0.2, 0.25) is 10.0 Å². The van der Waals surface area contributed by atoms with E-state index in [0.717, 1.165) is 0 Å². The van der Waals surface area contributed by atoms with E-state index in [2.05, 4.69) is 4.74 Å². The summed E-state index contributed by atoms with van der Waals surface area (Å²) in [6.45, 7) is 0.398. The molecule has 20 heavy (non-hydrogen) atoms. The SMILES string of the molecule is COC(=O)c1ccccc1S(=O)(=O)N1CCS(=O)CC1. The molecular weight excluding hydrogens is 302 g/mol. The highest BCUT2D eigenvalue weighted by molar-refractivity contribution is 7.89. The molecular formula is C12H15NO5S2. The molecule has 0 N–H and O–H groups in total. The summed E-state index contributed by atoms with van der Waals surface area (Å²) in [5.74, 6) is -0.0519. The molecule has 1 aliphatic rings. The first-order chi connectivity index (χ1) is 9.46. The summed E-state index contributed by atoms with van der Waals surface area (Å²) in [4.78, 5) is 11.6. The fourth-order valence-electron chi connectivity index (χ4n) is 1.97. The second-order valence-electron chi connectivity index (χ2n) is 4.24. The fourth-order valence-corrected chi connectivity index (χ4v) is 4.88. The molecule has 8 heteroatoms. The first-order valence-corrected chi connectivity index (χ1v) is 8.92. The molecule has 0 saturated carbocycles. The van der Waals surface area contributed by atoms with Gasteiger partial charge < -0.3 is 4.74 Å². The Hall–Kier alpha value is -1.25. The molecule has 0 amide bonds. The number of carbonyl (C=O) groups is 1. The molecule has 2 rings (SSSR count). The average molecular weight is 317 g/mol. The Kier molecular flexibility index (Phi) is 4.56. The molecule has 1 heterocycles. The molecule has 0 aromatic heterocycles. The van der Waals surface area contributed by atoms with Gasteiger partial charge in [0.25, 0.3) is 0 Å². The largest absolute Gasteiger partial charge is 0.465 e. The van der Waals surface area contributed by atoms with E-state index in [-0.39, 0.29) is 23.5 Å². The van der Waals surface area contributed by atoms with Crippen LogP contribution in [0.1, 0.15) is 10.4 Å². The van der Waals surface area contributed by atoms with E-state index in [1.54, 1.807) is 12.1 Å². The van der Waals surface area contributed by atoms with Crippen LogP contribution in [0.5, 0.6) is 0 Å². The lowest BCUT2D eigenvalue weighted by atomic mass is 10.2. The second kappa shape index (κ2) is 6.02. The molecule has 0 unspecified atom stereocenters. The monoisotopic (exact) mass is 317 g/mol. The summed E-state index contributed by atoms with van der Waals surface area (Å²) in [5.41, 5.74) is 0.0155. The Labute approximate surface area is 120 Å². The molecule has 0 bridgehead atoms. The van der Waals surface area contributed by atoms with E-state index in [0.29, 0.717) is 11.5 Å². The van der Waals surface area contributed by atoms with E-state index in [1.807, 2.05) is 0 Å². The first kappa shape index (κ1) is 15.1. The van der Waals surface area contributed by atoms with Gasteiger partial charge in [0.1, 0.15) is 0 Å². The smallest absolute Gasteiger partial charge is 0.339 e. The van der Waals surface area contributed by atoms with E-state index in [4.69, 9.17) is 0 Å². The molecule has 6 nitrogen and oxygen atoms in total. The number of nitrogens with zero attached hydrogens (tertiary/aromatic N) is 1. The summed E-state index contributed by atoms with van der Waals surface area (Å²) in [7, 11) is -3.53. The maximum absolute atomic E-state index is 12.6. The quantitative estimate of drug-likeness (QED) is 0.745. The first-order valence-electron chi connectivity index (χ1n) is 5.99. The van der Waals surface area contributed by atoms with E-state index in [9.17, 15) is 17.4 Å². The number of ether oxygens (including phenoxy) is 1. The van der Waals surface area contributed by atoms with Gasteiger partial charge in [-0.1, -0.05) is 12.1 Å². The number of sulfonamides is 1. The Morgan fingerprint density at radius 1 is 1.25 bits per heavy atom. The average Bonchev–Trinajstić information content (AvgIpc) is 2.47. The predicted molar refractivity (Wildman–Crippen MR) is 74.4 cm³/mol. The normalized spacial score (nSPS) is 17.9. The molecule has 0 atom stereocenters. The number of esters is 1. The van der Waals surface area contributed by atoms with Crippen LogP contribution in [0.3, 0.4) is 0 Å². The van der Waals surface area contributed by atoms with Gasteiger partial charge in [-0.3, -0.25) is 4.21 Å². The minimum Gasteiger partial charge on any atom is -0.465 e. The van der Waals surface area contributed by atoms with E-state index >= 15 is 0 Å². The lowest BCUT2D eigenvalue weighted by Gasteiger charge is -2.26. The van der Waals surface area contributed by atoms with Crippen LogP contribution < -0.4 is 0 Å². The third-order valence-corrected chi connectivity index (χ3v) is 6.28. The van der Waals surface area contributed by atoms with Crippen LogP contribution in [-0.2, 0) is 25.6 Å². The Bertz CT molecular complexity index is 631. The molecule has 0 radical (unpaired) electrons. The zero-order valence-electron chi connectivity index (χ0n) is 10.9. The maximum atomic E-state index is 12.6. The van der Waals surface area contributed by atoms with Gasteiger partial charge in [-0.15, -0.1) is 0 Å². The van der Waals surface area contributed by atoms with Crippen LogP contribution in [0, 0.1) is 0 Å². The maximum Gasteiger partial charge on any atom is 0.339 e. The van der Waals surface area contributed by atoms with Crippen LogP contribution in [0.15, 0.2) is 29.2 Å². The molecule has 1 saturated heterocycles. The molecule has 1 aromatic carbocycles. The fraction of sp³-hybridized carbons (Fsp3) is 0.417. The third-order valence-electron chi connectivity index (χ3n) is 3.05. The van der Waals surface area contributed by atoms with E-state index in [1.165, 1.54) is 23.5 Å². The summed E-state index contributed by atoms with van der Waals surface area (Å²) < 4.78 is 42.3.